The first kappa shape index (κ1) is 15.1. The second-order valence-electron chi connectivity index (χ2n) is 3.48. The van der Waals surface area contributed by atoms with Crippen LogP contribution >= 0.6 is 0 Å². The third-order valence-corrected chi connectivity index (χ3v) is 3.92. The summed E-state index contributed by atoms with van der Waals surface area (Å²) in [5.41, 5.74) is 5.41. The summed E-state index contributed by atoms with van der Waals surface area (Å²) in [4.78, 5) is 0. The van der Waals surface area contributed by atoms with Crippen LogP contribution in [0.2, 0.25) is 6.04 Å². The maximum absolute atomic E-state index is 5.41. The van der Waals surface area contributed by atoms with E-state index in [1.165, 1.54) is 12.8 Å². The Morgan fingerprint density at radius 1 is 1.00 bits per heavy atom. The smallest absolute Gasteiger partial charge is 0.384 e. The van der Waals surface area contributed by atoms with Crippen LogP contribution in [0.1, 0.15) is 25.7 Å². The lowest BCUT2D eigenvalue weighted by atomic mass is 10.2. The van der Waals surface area contributed by atoms with Crippen LogP contribution < -0.4 is 11.1 Å². The molecule has 0 saturated carbocycles. The van der Waals surface area contributed by atoms with Crippen LogP contribution in [0, 0.1) is 0 Å². The molecule has 5 heteroatoms. The normalized spacial score (nSPS) is 11.2. The molecule has 0 bridgehead atoms. The molecule has 0 aliphatic carbocycles. The average Bonchev–Trinajstić information content (AvgIpc) is 2.27. The molecule has 0 atom stereocenters. The number of rotatable bonds is 11. The number of nitrogens with one attached hydrogen (secondary N) is 1. The zero-order valence-corrected chi connectivity index (χ0v) is 11.1. The van der Waals surface area contributed by atoms with E-state index in [-0.39, 0.29) is 0 Å². The summed E-state index contributed by atoms with van der Waals surface area (Å²) in [6, 6.07) is 1.05. The Morgan fingerprint density at radius 3 is 2.27 bits per heavy atom. The van der Waals surface area contributed by atoms with Crippen molar-refractivity contribution in [1.29, 1.82) is 0 Å². The predicted molar refractivity (Wildman–Crippen MR) is 65.0 cm³/mol. The predicted octanol–water partition coefficient (Wildman–Crippen LogP) is 0.876. The van der Waals surface area contributed by atoms with Gasteiger partial charge in [-0.2, -0.15) is 0 Å². The summed E-state index contributed by atoms with van der Waals surface area (Å²) in [6.45, 7) is 2.97. The molecule has 91 valence electrons. The summed E-state index contributed by atoms with van der Waals surface area (Å²) in [5.74, 6) is 0. The van der Waals surface area contributed by atoms with E-state index in [9.17, 15) is 0 Å². The van der Waals surface area contributed by atoms with Crippen LogP contribution in [-0.4, -0.2) is 43.1 Å². The van der Waals surface area contributed by atoms with E-state index in [1.54, 1.807) is 14.2 Å². The lowest BCUT2D eigenvalue weighted by Crippen LogP contribution is -2.22. The molecule has 0 spiro atoms. The lowest BCUT2D eigenvalue weighted by Gasteiger charge is -2.09. The van der Waals surface area contributed by atoms with Crippen molar-refractivity contribution in [1.82, 2.24) is 5.32 Å². The van der Waals surface area contributed by atoms with E-state index in [0.717, 1.165) is 38.5 Å². The van der Waals surface area contributed by atoms with Gasteiger partial charge in [-0.1, -0.05) is 6.42 Å². The molecule has 15 heavy (non-hydrogen) atoms. The third kappa shape index (κ3) is 10.3. The van der Waals surface area contributed by atoms with E-state index in [0.29, 0.717) is 0 Å². The van der Waals surface area contributed by atoms with Crippen molar-refractivity contribution in [3.05, 3.63) is 0 Å². The monoisotopic (exact) mass is 233 g/mol. The van der Waals surface area contributed by atoms with Crippen LogP contribution in [0.5, 0.6) is 0 Å². The summed E-state index contributed by atoms with van der Waals surface area (Å²) < 4.78 is 10.4. The van der Waals surface area contributed by atoms with Gasteiger partial charge < -0.3 is 19.9 Å². The van der Waals surface area contributed by atoms with Crippen molar-refractivity contribution >= 4 is 9.28 Å². The van der Waals surface area contributed by atoms with Gasteiger partial charge in [0, 0.05) is 14.2 Å². The first-order valence-electron chi connectivity index (χ1n) is 5.69. The van der Waals surface area contributed by atoms with Crippen molar-refractivity contribution < 1.29 is 8.85 Å². The Kier molecular flexibility index (Phi) is 12.2. The molecule has 0 saturated heterocycles. The highest BCUT2D eigenvalue weighted by atomic mass is 28.3. The Balaban J connectivity index is 3.04. The molecule has 0 aromatic rings. The van der Waals surface area contributed by atoms with Crippen LogP contribution in [0.4, 0.5) is 0 Å². The standard InChI is InChI=1S/C10H25N2O2Si/c1-13-15(14-2)10-6-9-12-8-5-3-4-7-11/h12H,3-11H2,1-2H3. The molecule has 0 unspecified atom stereocenters. The minimum Gasteiger partial charge on any atom is -0.397 e. The molecule has 4 nitrogen and oxygen atoms in total. The lowest BCUT2D eigenvalue weighted by molar-refractivity contribution is 0.276. The molecule has 0 aliphatic rings. The van der Waals surface area contributed by atoms with Gasteiger partial charge in [-0.15, -0.1) is 0 Å². The molecular formula is C10H25N2O2Si. The van der Waals surface area contributed by atoms with E-state index < -0.39 is 9.28 Å². The number of hydrogen-bond donors (Lipinski definition) is 2. The topological polar surface area (TPSA) is 56.5 Å². The minimum atomic E-state index is -0.981. The quantitative estimate of drug-likeness (QED) is 0.411. The van der Waals surface area contributed by atoms with Gasteiger partial charge in [-0.05, 0) is 44.9 Å². The molecule has 0 heterocycles. The highest BCUT2D eigenvalue weighted by Gasteiger charge is 2.10. The zero-order chi connectivity index (χ0) is 11.4. The molecule has 1 radical (unpaired) electrons. The van der Waals surface area contributed by atoms with Crippen LogP contribution in [-0.2, 0) is 8.85 Å². The van der Waals surface area contributed by atoms with Crippen molar-refractivity contribution in [2.45, 2.75) is 31.7 Å². The van der Waals surface area contributed by atoms with Gasteiger partial charge in [0.15, 0.2) is 0 Å². The molecule has 0 rings (SSSR count). The molecular weight excluding hydrogens is 208 g/mol. The van der Waals surface area contributed by atoms with Crippen LogP contribution in [0.25, 0.3) is 0 Å². The van der Waals surface area contributed by atoms with Gasteiger partial charge in [0.25, 0.3) is 0 Å². The first-order valence-corrected chi connectivity index (χ1v) is 7.22. The number of unbranched alkanes of at least 4 members (excludes halogenated alkanes) is 2. The van der Waals surface area contributed by atoms with Gasteiger partial charge in [0.1, 0.15) is 0 Å². The second-order valence-corrected chi connectivity index (χ2v) is 5.54. The molecule has 0 aromatic heterocycles. The molecule has 0 fully saturated rings. The Morgan fingerprint density at radius 2 is 1.67 bits per heavy atom. The van der Waals surface area contributed by atoms with E-state index in [1.807, 2.05) is 0 Å². The largest absolute Gasteiger partial charge is 0.397 e. The Bertz CT molecular complexity index is 124. The zero-order valence-electron chi connectivity index (χ0n) is 10.1. The molecule has 3 N–H and O–H groups in total. The van der Waals surface area contributed by atoms with E-state index >= 15 is 0 Å². The van der Waals surface area contributed by atoms with Crippen LogP contribution in [0.15, 0.2) is 0 Å². The Hall–Kier alpha value is 0.0569. The maximum atomic E-state index is 5.41. The fourth-order valence-corrected chi connectivity index (χ4v) is 2.38. The van der Waals surface area contributed by atoms with Gasteiger partial charge in [0.2, 0.25) is 0 Å². The molecule has 0 aliphatic heterocycles. The van der Waals surface area contributed by atoms with E-state index in [4.69, 9.17) is 14.6 Å². The fraction of sp³-hybridized carbons (Fsp3) is 1.00. The summed E-state index contributed by atoms with van der Waals surface area (Å²) in [6.07, 6.45) is 4.73. The summed E-state index contributed by atoms with van der Waals surface area (Å²) in [5, 5.41) is 3.41. The van der Waals surface area contributed by atoms with Crippen LogP contribution in [0.3, 0.4) is 0 Å². The summed E-state index contributed by atoms with van der Waals surface area (Å²) >= 11 is 0. The minimum absolute atomic E-state index is 0.813. The van der Waals surface area contributed by atoms with Crippen molar-refractivity contribution in [2.24, 2.45) is 5.73 Å². The fourth-order valence-electron chi connectivity index (χ4n) is 1.34. The van der Waals surface area contributed by atoms with Gasteiger partial charge in [-0.3, -0.25) is 0 Å². The highest BCUT2D eigenvalue weighted by Crippen LogP contribution is 1.98. The van der Waals surface area contributed by atoms with Crippen molar-refractivity contribution in [3.63, 3.8) is 0 Å². The van der Waals surface area contributed by atoms with Gasteiger partial charge in [-0.25, -0.2) is 0 Å². The molecule has 0 amide bonds. The average molecular weight is 233 g/mol. The Labute approximate surface area is 95.4 Å². The van der Waals surface area contributed by atoms with Gasteiger partial charge in [0.05, 0.1) is 0 Å². The van der Waals surface area contributed by atoms with Crippen molar-refractivity contribution in [3.8, 4) is 0 Å². The second kappa shape index (κ2) is 12.1. The van der Waals surface area contributed by atoms with Gasteiger partial charge >= 0.3 is 9.28 Å². The van der Waals surface area contributed by atoms with Crippen molar-refractivity contribution in [2.75, 3.05) is 33.9 Å². The highest BCUT2D eigenvalue weighted by molar-refractivity contribution is 6.44. The van der Waals surface area contributed by atoms with E-state index in [2.05, 4.69) is 5.32 Å². The number of nitrogens with two attached hydrogens (primary N) is 1. The SMILES string of the molecule is CO[Si](CCCNCCCCCN)OC. The number of hydrogen-bond acceptors (Lipinski definition) is 4. The summed E-state index contributed by atoms with van der Waals surface area (Å²) in [7, 11) is 2.46. The molecule has 0 aromatic carbocycles. The first-order chi connectivity index (χ1) is 7.35. The third-order valence-electron chi connectivity index (χ3n) is 2.25. The maximum Gasteiger partial charge on any atom is 0.384 e.